The molecule has 4 nitrogen and oxygen atoms in total. The molecule has 0 aliphatic heterocycles. The number of ketones is 1. The van der Waals surface area contributed by atoms with Gasteiger partial charge in [0.2, 0.25) is 5.78 Å². The van der Waals surface area contributed by atoms with E-state index in [-0.39, 0.29) is 12.3 Å². The van der Waals surface area contributed by atoms with Gasteiger partial charge in [0.25, 0.3) is 6.54 Å². The predicted molar refractivity (Wildman–Crippen MR) is 50.7 cm³/mol. The summed E-state index contributed by atoms with van der Waals surface area (Å²) in [6.45, 7) is 11.7. The van der Waals surface area contributed by atoms with Crippen LogP contribution in [0.2, 0.25) is 0 Å². The maximum atomic E-state index is 11.6. The number of Topliss-reactive ketones (excluding diaryl/α,β-unsaturated/α-hetero) is 1. The number of hydrogen-bond acceptors (Lipinski definition) is 3. The van der Waals surface area contributed by atoms with Crippen molar-refractivity contribution in [2.45, 2.75) is 26.2 Å². The number of carbonyl (C=O) groups is 1. The molecule has 0 aliphatic carbocycles. The summed E-state index contributed by atoms with van der Waals surface area (Å²) >= 11 is 0. The molecule has 0 spiro atoms. The van der Waals surface area contributed by atoms with Gasteiger partial charge in [0, 0.05) is 6.92 Å². The Labute approximate surface area is 82.8 Å². The molecule has 4 heteroatoms. The number of carbonyl (C=O) groups excluding carboxylic acids is 1. The maximum absolute atomic E-state index is 11.6. The van der Waals surface area contributed by atoms with Gasteiger partial charge in [-0.2, -0.15) is 0 Å². The molecule has 1 heterocycles. The van der Waals surface area contributed by atoms with Crippen molar-refractivity contribution in [3.63, 3.8) is 0 Å². The lowest BCUT2D eigenvalue weighted by Gasteiger charge is -2.16. The first kappa shape index (κ1) is 10.5. The molecule has 0 bridgehead atoms. The molecule has 0 atom stereocenters. The zero-order valence-corrected chi connectivity index (χ0v) is 8.50. The Morgan fingerprint density at radius 2 is 2.36 bits per heavy atom. The van der Waals surface area contributed by atoms with Gasteiger partial charge in [-0.25, -0.2) is 11.6 Å². The minimum Gasteiger partial charge on any atom is -0.445 e. The van der Waals surface area contributed by atoms with Gasteiger partial charge in [0.15, 0.2) is 5.89 Å². The van der Waals surface area contributed by atoms with E-state index in [1.54, 1.807) is 20.8 Å². The number of hydrogen-bond donors (Lipinski definition) is 0. The molecular formula is C10H12N2O2. The van der Waals surface area contributed by atoms with Crippen LogP contribution in [0.5, 0.6) is 0 Å². The van der Waals surface area contributed by atoms with Gasteiger partial charge >= 0.3 is 0 Å². The summed E-state index contributed by atoms with van der Waals surface area (Å²) in [6.07, 6.45) is 1.54. The van der Waals surface area contributed by atoms with Crippen LogP contribution < -0.4 is 0 Å². The Morgan fingerprint density at radius 3 is 2.79 bits per heavy atom. The zero-order valence-electron chi connectivity index (χ0n) is 8.50. The summed E-state index contributed by atoms with van der Waals surface area (Å²) in [5, 5.41) is 0. The van der Waals surface area contributed by atoms with E-state index in [0.29, 0.717) is 11.7 Å². The Hall–Kier alpha value is -1.63. The normalized spacial score (nSPS) is 11.0. The summed E-state index contributed by atoms with van der Waals surface area (Å²) in [7, 11) is 0. The molecule has 0 fully saturated rings. The number of aryl methyl sites for hydroxylation is 1. The van der Waals surface area contributed by atoms with E-state index in [2.05, 4.69) is 9.83 Å². The molecule has 1 aromatic heterocycles. The molecule has 0 radical (unpaired) electrons. The lowest BCUT2D eigenvalue weighted by atomic mass is 9.86. The van der Waals surface area contributed by atoms with Crippen molar-refractivity contribution in [3.8, 4) is 0 Å². The van der Waals surface area contributed by atoms with Gasteiger partial charge in [-0.05, 0) is 13.8 Å². The van der Waals surface area contributed by atoms with Crippen LogP contribution >= 0.6 is 0 Å². The highest BCUT2D eigenvalue weighted by Crippen LogP contribution is 2.24. The molecular weight excluding hydrogens is 180 g/mol. The highest BCUT2D eigenvalue weighted by atomic mass is 16.4. The molecule has 1 aromatic rings. The second-order valence-electron chi connectivity index (χ2n) is 3.61. The summed E-state index contributed by atoms with van der Waals surface area (Å²) in [6, 6.07) is 0. The van der Waals surface area contributed by atoms with Gasteiger partial charge in [-0.1, -0.05) is 0 Å². The van der Waals surface area contributed by atoms with Crippen LogP contribution in [0.4, 0.5) is 0 Å². The first-order chi connectivity index (χ1) is 6.48. The number of rotatable bonds is 3. The first-order valence-corrected chi connectivity index (χ1v) is 4.28. The summed E-state index contributed by atoms with van der Waals surface area (Å²) in [5.41, 5.74) is -0.758. The zero-order chi connectivity index (χ0) is 10.8. The fourth-order valence-electron chi connectivity index (χ4n) is 1.06. The molecule has 0 aromatic carbocycles. The molecule has 74 valence electrons. The smallest absolute Gasteiger partial charge is 0.273 e. The lowest BCUT2D eigenvalue weighted by molar-refractivity contribution is -0.122. The van der Waals surface area contributed by atoms with E-state index in [0.717, 1.165) is 0 Å². The third-order valence-corrected chi connectivity index (χ3v) is 2.16. The molecule has 0 aliphatic rings. The van der Waals surface area contributed by atoms with E-state index in [9.17, 15) is 4.79 Å². The topological polar surface area (TPSA) is 47.5 Å². The first-order valence-electron chi connectivity index (χ1n) is 4.28. The van der Waals surface area contributed by atoms with Crippen LogP contribution in [-0.4, -0.2) is 17.3 Å². The van der Waals surface area contributed by atoms with Crippen LogP contribution in [0.25, 0.3) is 4.85 Å². The standard InChI is InChI=1S/C10H12N2O2/c1-7-12-6-9(14-7)10(2,3)8(13)5-11-4/h6H,5H2,1-3H3. The molecule has 0 N–H and O–H groups in total. The monoisotopic (exact) mass is 192 g/mol. The van der Waals surface area contributed by atoms with Crippen molar-refractivity contribution in [2.75, 3.05) is 6.54 Å². The summed E-state index contributed by atoms with van der Waals surface area (Å²) in [5.74, 6) is 0.899. The van der Waals surface area contributed by atoms with Crippen LogP contribution in [0, 0.1) is 13.5 Å². The van der Waals surface area contributed by atoms with E-state index in [1.165, 1.54) is 6.20 Å². The van der Waals surface area contributed by atoms with Crippen molar-refractivity contribution in [1.29, 1.82) is 0 Å². The third-order valence-electron chi connectivity index (χ3n) is 2.16. The van der Waals surface area contributed by atoms with Crippen LogP contribution in [-0.2, 0) is 10.2 Å². The van der Waals surface area contributed by atoms with E-state index in [4.69, 9.17) is 11.0 Å². The second kappa shape index (κ2) is 3.62. The number of aromatic nitrogens is 1. The Bertz CT molecular complexity index is 385. The Balaban J connectivity index is 2.96. The molecule has 0 amide bonds. The number of oxazole rings is 1. The van der Waals surface area contributed by atoms with Crippen LogP contribution in [0.1, 0.15) is 25.5 Å². The van der Waals surface area contributed by atoms with E-state index >= 15 is 0 Å². The summed E-state index contributed by atoms with van der Waals surface area (Å²) < 4.78 is 5.28. The van der Waals surface area contributed by atoms with Crippen molar-refractivity contribution in [2.24, 2.45) is 0 Å². The van der Waals surface area contributed by atoms with Gasteiger partial charge in [-0.15, -0.1) is 0 Å². The minimum atomic E-state index is -0.758. The molecule has 14 heavy (non-hydrogen) atoms. The van der Waals surface area contributed by atoms with Crippen molar-refractivity contribution < 1.29 is 9.21 Å². The van der Waals surface area contributed by atoms with E-state index < -0.39 is 5.41 Å². The van der Waals surface area contributed by atoms with Gasteiger partial charge in [0.1, 0.15) is 5.76 Å². The second-order valence-corrected chi connectivity index (χ2v) is 3.61. The molecule has 0 saturated carbocycles. The fourth-order valence-corrected chi connectivity index (χ4v) is 1.06. The van der Waals surface area contributed by atoms with Crippen molar-refractivity contribution in [1.82, 2.24) is 4.98 Å². The quantitative estimate of drug-likeness (QED) is 0.685. The molecule has 1 rings (SSSR count). The van der Waals surface area contributed by atoms with Crippen molar-refractivity contribution in [3.05, 3.63) is 29.3 Å². The predicted octanol–water partition coefficient (Wildman–Crippen LogP) is 1.75. The Morgan fingerprint density at radius 1 is 1.71 bits per heavy atom. The summed E-state index contributed by atoms with van der Waals surface area (Å²) in [4.78, 5) is 18.6. The van der Waals surface area contributed by atoms with Crippen LogP contribution in [0.15, 0.2) is 10.6 Å². The highest BCUT2D eigenvalue weighted by molar-refractivity contribution is 5.91. The van der Waals surface area contributed by atoms with E-state index in [1.807, 2.05) is 0 Å². The molecule has 0 unspecified atom stereocenters. The SMILES string of the molecule is [C-]#[N+]CC(=O)C(C)(C)c1cnc(C)o1. The minimum absolute atomic E-state index is 0.118. The van der Waals surface area contributed by atoms with Crippen molar-refractivity contribution >= 4 is 5.78 Å². The van der Waals surface area contributed by atoms with Gasteiger partial charge in [0.05, 0.1) is 11.6 Å². The van der Waals surface area contributed by atoms with Gasteiger partial charge in [-0.3, -0.25) is 4.79 Å². The fraction of sp³-hybridized carbons (Fsp3) is 0.500. The van der Waals surface area contributed by atoms with Gasteiger partial charge < -0.3 is 9.26 Å². The highest BCUT2D eigenvalue weighted by Gasteiger charge is 2.34. The molecule has 0 saturated heterocycles. The largest absolute Gasteiger partial charge is 0.445 e. The Kier molecular flexibility index (Phi) is 2.70. The lowest BCUT2D eigenvalue weighted by Crippen LogP contribution is -2.30. The van der Waals surface area contributed by atoms with Crippen LogP contribution in [0.3, 0.4) is 0 Å². The number of nitrogens with zero attached hydrogens (tertiary/aromatic N) is 2. The maximum Gasteiger partial charge on any atom is 0.273 e. The average Bonchev–Trinajstić information content (AvgIpc) is 2.52. The average molecular weight is 192 g/mol. The third kappa shape index (κ3) is 1.82.